The summed E-state index contributed by atoms with van der Waals surface area (Å²) in [5.74, 6) is 0. The Hall–Kier alpha value is -6.90. The largest absolute Gasteiger partial charge is 0.456 e. The van der Waals surface area contributed by atoms with Gasteiger partial charge in [-0.15, -0.1) is 0 Å². The van der Waals surface area contributed by atoms with Gasteiger partial charge in [0.25, 0.3) is 0 Å². The Labute approximate surface area is 315 Å². The fraction of sp³-hybridized carbons (Fsp3) is 0. The van der Waals surface area contributed by atoms with Crippen molar-refractivity contribution < 1.29 is 16.8 Å². The van der Waals surface area contributed by atoms with E-state index in [1.807, 2.05) is 54.6 Å². The molecule has 0 fully saturated rings. The van der Waals surface area contributed by atoms with Gasteiger partial charge in [-0.05, 0) is 104 Å². The minimum Gasteiger partial charge on any atom is -0.456 e. The maximum absolute atomic E-state index is 9.58. The van der Waals surface area contributed by atoms with Crippen molar-refractivity contribution in [3.8, 4) is 33.4 Å². The molecule has 2 nitrogen and oxygen atoms in total. The summed E-state index contributed by atoms with van der Waals surface area (Å²) in [7, 11) is 0. The van der Waals surface area contributed by atoms with Gasteiger partial charge in [-0.1, -0.05) is 145 Å². The van der Waals surface area contributed by atoms with Crippen LogP contribution in [0.2, 0.25) is 0 Å². The molecule has 10 aromatic rings. The lowest BCUT2D eigenvalue weighted by molar-refractivity contribution is 0.669. The van der Waals surface area contributed by atoms with Crippen LogP contribution in [-0.2, 0) is 0 Å². The van der Waals surface area contributed by atoms with Gasteiger partial charge in [-0.2, -0.15) is 0 Å². The highest BCUT2D eigenvalue weighted by Crippen LogP contribution is 2.43. The number of fused-ring (bicyclic) bond motifs is 6. The van der Waals surface area contributed by atoms with Crippen LogP contribution in [0, 0.1) is 0 Å². The summed E-state index contributed by atoms with van der Waals surface area (Å²) in [6.07, 6.45) is 0. The van der Waals surface area contributed by atoms with Gasteiger partial charge in [0.05, 0.1) is 18.0 Å². The van der Waals surface area contributed by atoms with Crippen LogP contribution in [0.3, 0.4) is 0 Å². The van der Waals surface area contributed by atoms with E-state index in [-0.39, 0.29) is 56.4 Å². The molecule has 0 N–H and O–H groups in total. The maximum atomic E-state index is 9.58. The van der Waals surface area contributed by atoms with Crippen LogP contribution in [0.25, 0.3) is 76.9 Å². The zero-order valence-corrected chi connectivity index (χ0v) is 27.7. The first-order valence-electron chi connectivity index (χ1n) is 21.5. The molecule has 0 spiro atoms. The van der Waals surface area contributed by atoms with Gasteiger partial charge in [0, 0.05) is 27.7 Å². The molecule has 0 amide bonds. The van der Waals surface area contributed by atoms with E-state index in [0.29, 0.717) is 5.56 Å². The minimum absolute atomic E-state index is 0.0179. The van der Waals surface area contributed by atoms with Crippen LogP contribution in [0.4, 0.5) is 17.1 Å². The number of benzene rings is 9. The first kappa shape index (κ1) is 22.0. The molecular weight excluding hydrogens is 631 g/mol. The Kier molecular flexibility index (Phi) is 5.28. The Bertz CT molecular complexity index is 3400. The van der Waals surface area contributed by atoms with E-state index < -0.39 is 36.3 Å². The fourth-order valence-electron chi connectivity index (χ4n) is 7.01. The predicted octanol–water partition coefficient (Wildman–Crippen LogP) is 14.4. The highest BCUT2D eigenvalue weighted by molar-refractivity contribution is 6.19. The Morgan fingerprint density at radius 2 is 1.06 bits per heavy atom. The summed E-state index contributed by atoms with van der Waals surface area (Å²) in [5, 5.41) is 2.17. The zero-order chi connectivity index (χ0) is 42.3. The minimum atomic E-state index is -0.513. The zero-order valence-electron chi connectivity index (χ0n) is 36.7. The Morgan fingerprint density at radius 1 is 0.423 bits per heavy atom. The monoisotopic (exact) mass is 672 g/mol. The molecule has 1 aromatic heterocycles. The number of nitrogens with zero attached hydrogens (tertiary/aromatic N) is 1. The van der Waals surface area contributed by atoms with Crippen LogP contribution >= 0.6 is 0 Å². The molecule has 9 aromatic carbocycles. The van der Waals surface area contributed by atoms with Crippen LogP contribution < -0.4 is 4.90 Å². The molecule has 0 saturated carbocycles. The molecule has 0 bridgehead atoms. The van der Waals surface area contributed by atoms with Gasteiger partial charge in [-0.25, -0.2) is 0 Å². The van der Waals surface area contributed by atoms with Crippen molar-refractivity contribution >= 4 is 60.5 Å². The third-order valence-electron chi connectivity index (χ3n) is 9.55. The highest BCUT2D eigenvalue weighted by atomic mass is 16.3. The molecule has 0 aliphatic rings. The molecule has 0 radical (unpaired) electrons. The molecule has 2 heteroatoms. The van der Waals surface area contributed by atoms with E-state index in [1.54, 1.807) is 12.1 Å². The summed E-state index contributed by atoms with van der Waals surface area (Å²) in [4.78, 5) is 2.17. The lowest BCUT2D eigenvalue weighted by Gasteiger charge is -2.28. The van der Waals surface area contributed by atoms with Gasteiger partial charge < -0.3 is 9.32 Å². The standard InChI is InChI=1S/C50H33NO/c1-2-10-34(11-3-1)36-22-27-42(28-23-36)51(47-16-8-6-14-44(47)41-21-18-35-12-4-5-13-39(35)32-41)43-29-24-37(25-30-43)40-20-19-38-26-31-49-50(46(38)33-40)45-15-7-9-17-48(45)52-49/h1-33H/i7D,9D,15D,17D,19D,20D,26D,31D,33D. The molecule has 1 heterocycles. The van der Waals surface area contributed by atoms with Crippen molar-refractivity contribution in [2.45, 2.75) is 0 Å². The smallest absolute Gasteiger partial charge is 0.136 e. The van der Waals surface area contributed by atoms with Crippen LogP contribution in [0.5, 0.6) is 0 Å². The third-order valence-corrected chi connectivity index (χ3v) is 9.55. The van der Waals surface area contributed by atoms with Crippen molar-refractivity contribution in [3.05, 3.63) is 200 Å². The average Bonchev–Trinajstić information content (AvgIpc) is 3.70. The van der Waals surface area contributed by atoms with Crippen molar-refractivity contribution in [2.24, 2.45) is 0 Å². The van der Waals surface area contributed by atoms with E-state index in [2.05, 4.69) is 83.8 Å². The van der Waals surface area contributed by atoms with Crippen molar-refractivity contribution in [2.75, 3.05) is 4.90 Å². The topological polar surface area (TPSA) is 16.4 Å². The number of anilines is 3. The first-order valence-corrected chi connectivity index (χ1v) is 17.0. The van der Waals surface area contributed by atoms with Gasteiger partial charge in [0.1, 0.15) is 11.2 Å². The van der Waals surface area contributed by atoms with Crippen LogP contribution in [0.1, 0.15) is 12.3 Å². The number of para-hydroxylation sites is 2. The molecular formula is C50H33NO. The lowest BCUT2D eigenvalue weighted by Crippen LogP contribution is -2.11. The molecule has 52 heavy (non-hydrogen) atoms. The Morgan fingerprint density at radius 3 is 1.87 bits per heavy atom. The average molecular weight is 673 g/mol. The second-order valence-electron chi connectivity index (χ2n) is 12.6. The summed E-state index contributed by atoms with van der Waals surface area (Å²) in [6.45, 7) is 0. The van der Waals surface area contributed by atoms with Crippen molar-refractivity contribution in [1.29, 1.82) is 0 Å². The van der Waals surface area contributed by atoms with E-state index in [4.69, 9.17) is 15.4 Å². The molecule has 0 aliphatic heterocycles. The first-order chi connectivity index (χ1) is 29.5. The lowest BCUT2D eigenvalue weighted by atomic mass is 9.97. The molecule has 244 valence electrons. The summed E-state index contributed by atoms with van der Waals surface area (Å²) < 4.78 is 85.3. The fourth-order valence-corrected chi connectivity index (χ4v) is 7.01. The summed E-state index contributed by atoms with van der Waals surface area (Å²) in [5.41, 5.74) is 7.02. The molecule has 0 unspecified atom stereocenters. The van der Waals surface area contributed by atoms with Crippen molar-refractivity contribution in [3.63, 3.8) is 0 Å². The van der Waals surface area contributed by atoms with E-state index >= 15 is 0 Å². The molecule has 0 saturated heterocycles. The SMILES string of the molecule is [2H]c1c([2H])c([2H])c2c(oc3c([2H])c([2H])c4c([2H])c([2H])c(-c5ccc(N(c6ccc(-c7ccccc7)cc6)c6ccccc6-c6ccc7ccccc7c6)cc5)c([2H])c4c32)c1[2H]. The van der Waals surface area contributed by atoms with Gasteiger partial charge in [0.15, 0.2) is 0 Å². The molecule has 10 rings (SSSR count). The van der Waals surface area contributed by atoms with Gasteiger partial charge in [-0.3, -0.25) is 0 Å². The molecule has 0 atom stereocenters. The normalized spacial score (nSPS) is 13.9. The van der Waals surface area contributed by atoms with Gasteiger partial charge in [0.2, 0.25) is 0 Å². The molecule has 0 aliphatic carbocycles. The highest BCUT2D eigenvalue weighted by Gasteiger charge is 2.18. The Balaban J connectivity index is 1.17. The quantitative estimate of drug-likeness (QED) is 0.175. The second-order valence-corrected chi connectivity index (χ2v) is 12.6. The van der Waals surface area contributed by atoms with Crippen LogP contribution in [-0.4, -0.2) is 0 Å². The third kappa shape index (κ3) is 5.21. The summed E-state index contributed by atoms with van der Waals surface area (Å²) >= 11 is 0. The number of rotatable bonds is 6. The van der Waals surface area contributed by atoms with Crippen molar-refractivity contribution in [1.82, 2.24) is 0 Å². The summed E-state index contributed by atoms with van der Waals surface area (Å²) in [6, 6.07) is 45.2. The van der Waals surface area contributed by atoms with Gasteiger partial charge >= 0.3 is 0 Å². The maximum Gasteiger partial charge on any atom is 0.136 e. The van der Waals surface area contributed by atoms with E-state index in [1.165, 1.54) is 0 Å². The number of hydrogen-bond acceptors (Lipinski definition) is 2. The number of hydrogen-bond donors (Lipinski definition) is 0. The van der Waals surface area contributed by atoms with E-state index in [9.17, 15) is 1.37 Å². The number of furan rings is 1. The second kappa shape index (κ2) is 12.5. The van der Waals surface area contributed by atoms with Crippen LogP contribution in [0.15, 0.2) is 204 Å². The predicted molar refractivity (Wildman–Crippen MR) is 220 cm³/mol. The van der Waals surface area contributed by atoms with E-state index in [0.717, 1.165) is 50.1 Å².